The number of carbonyl (C=O) groups is 1. The molecular weight excluding hydrogens is 246 g/mol. The first-order valence-electron chi connectivity index (χ1n) is 6.05. The summed E-state index contributed by atoms with van der Waals surface area (Å²) in [5, 5.41) is 3.14. The number of nitrogens with zero attached hydrogens (tertiary/aromatic N) is 2. The summed E-state index contributed by atoms with van der Waals surface area (Å²) in [6, 6.07) is 3.65. The van der Waals surface area contributed by atoms with Crippen LogP contribution in [0, 0.1) is 6.92 Å². The normalized spacial score (nSPS) is 10.2. The summed E-state index contributed by atoms with van der Waals surface area (Å²) >= 11 is 1.74. The van der Waals surface area contributed by atoms with Gasteiger partial charge in [-0.25, -0.2) is 4.98 Å². The van der Waals surface area contributed by atoms with E-state index in [0.717, 1.165) is 30.4 Å². The number of pyridine rings is 1. The number of rotatable bonds is 6. The van der Waals surface area contributed by atoms with E-state index in [4.69, 9.17) is 0 Å². The standard InChI is InChI=1S/C13H21N3OS/c1-5-14-12-9-11(8-10(2)15-12)13(17)16(3)6-7-18-4/h8-9H,5-7H2,1-4H3,(H,14,15). The molecular formula is C13H21N3OS. The third-order valence-electron chi connectivity index (χ3n) is 2.54. The van der Waals surface area contributed by atoms with E-state index in [-0.39, 0.29) is 5.91 Å². The Kier molecular flexibility index (Phi) is 5.98. The lowest BCUT2D eigenvalue weighted by Gasteiger charge is -2.17. The number of hydrogen-bond donors (Lipinski definition) is 1. The van der Waals surface area contributed by atoms with Gasteiger partial charge < -0.3 is 10.2 Å². The van der Waals surface area contributed by atoms with Crippen molar-refractivity contribution in [2.24, 2.45) is 0 Å². The summed E-state index contributed by atoms with van der Waals surface area (Å²) in [7, 11) is 1.83. The van der Waals surface area contributed by atoms with Gasteiger partial charge in [-0.3, -0.25) is 4.79 Å². The van der Waals surface area contributed by atoms with Gasteiger partial charge in [0.15, 0.2) is 0 Å². The summed E-state index contributed by atoms with van der Waals surface area (Å²) < 4.78 is 0. The second-order valence-electron chi connectivity index (χ2n) is 4.13. The molecule has 0 saturated carbocycles. The number of hydrogen-bond acceptors (Lipinski definition) is 4. The van der Waals surface area contributed by atoms with Gasteiger partial charge in [-0.2, -0.15) is 11.8 Å². The lowest BCUT2D eigenvalue weighted by molar-refractivity contribution is 0.0803. The van der Waals surface area contributed by atoms with E-state index in [1.807, 2.05) is 39.3 Å². The molecule has 1 N–H and O–H groups in total. The Morgan fingerprint density at radius 3 is 2.83 bits per heavy atom. The number of anilines is 1. The molecule has 1 amide bonds. The maximum Gasteiger partial charge on any atom is 0.253 e. The highest BCUT2D eigenvalue weighted by Gasteiger charge is 2.12. The highest BCUT2D eigenvalue weighted by atomic mass is 32.2. The fraction of sp³-hybridized carbons (Fsp3) is 0.538. The van der Waals surface area contributed by atoms with E-state index in [0.29, 0.717) is 5.56 Å². The lowest BCUT2D eigenvalue weighted by atomic mass is 10.2. The van der Waals surface area contributed by atoms with E-state index in [9.17, 15) is 4.79 Å². The van der Waals surface area contributed by atoms with Crippen LogP contribution in [-0.4, -0.2) is 47.9 Å². The summed E-state index contributed by atoms with van der Waals surface area (Å²) in [6.07, 6.45) is 2.04. The third-order valence-corrected chi connectivity index (χ3v) is 3.13. The Labute approximate surface area is 113 Å². The van der Waals surface area contributed by atoms with Crippen molar-refractivity contribution in [1.29, 1.82) is 0 Å². The molecule has 0 unspecified atom stereocenters. The Morgan fingerprint density at radius 1 is 1.50 bits per heavy atom. The predicted molar refractivity (Wildman–Crippen MR) is 78.5 cm³/mol. The zero-order valence-electron chi connectivity index (χ0n) is 11.5. The van der Waals surface area contributed by atoms with Crippen molar-refractivity contribution >= 4 is 23.5 Å². The molecule has 0 atom stereocenters. The number of nitrogens with one attached hydrogen (secondary N) is 1. The van der Waals surface area contributed by atoms with E-state index in [1.54, 1.807) is 16.7 Å². The smallest absolute Gasteiger partial charge is 0.253 e. The van der Waals surface area contributed by atoms with Crippen LogP contribution in [-0.2, 0) is 0 Å². The first-order chi connectivity index (χ1) is 8.58. The number of carbonyl (C=O) groups excluding carboxylic acids is 1. The molecule has 0 aliphatic rings. The molecule has 1 rings (SSSR count). The van der Waals surface area contributed by atoms with Crippen molar-refractivity contribution in [3.63, 3.8) is 0 Å². The van der Waals surface area contributed by atoms with Crippen LogP contribution < -0.4 is 5.32 Å². The Hall–Kier alpha value is -1.23. The first-order valence-corrected chi connectivity index (χ1v) is 7.44. The van der Waals surface area contributed by atoms with Gasteiger partial charge in [-0.1, -0.05) is 0 Å². The number of aryl methyl sites for hydroxylation is 1. The second-order valence-corrected chi connectivity index (χ2v) is 5.12. The van der Waals surface area contributed by atoms with Crippen LogP contribution in [0.15, 0.2) is 12.1 Å². The zero-order valence-corrected chi connectivity index (χ0v) is 12.3. The van der Waals surface area contributed by atoms with Gasteiger partial charge >= 0.3 is 0 Å². The second kappa shape index (κ2) is 7.26. The lowest BCUT2D eigenvalue weighted by Crippen LogP contribution is -2.29. The molecule has 0 fully saturated rings. The Morgan fingerprint density at radius 2 is 2.22 bits per heavy atom. The summed E-state index contributed by atoms with van der Waals surface area (Å²) in [5.74, 6) is 1.76. The average molecular weight is 267 g/mol. The quantitative estimate of drug-likeness (QED) is 0.858. The Bertz CT molecular complexity index is 409. The largest absolute Gasteiger partial charge is 0.370 e. The van der Waals surface area contributed by atoms with Gasteiger partial charge in [0, 0.05) is 37.1 Å². The van der Waals surface area contributed by atoms with Gasteiger partial charge in [0.25, 0.3) is 5.91 Å². The molecule has 0 spiro atoms. The monoisotopic (exact) mass is 267 g/mol. The van der Waals surface area contributed by atoms with Gasteiger partial charge in [-0.15, -0.1) is 0 Å². The van der Waals surface area contributed by atoms with Crippen LogP contribution in [0.1, 0.15) is 23.0 Å². The number of aromatic nitrogens is 1. The summed E-state index contributed by atoms with van der Waals surface area (Å²) in [5.41, 5.74) is 1.55. The molecule has 0 aliphatic carbocycles. The summed E-state index contributed by atoms with van der Waals surface area (Å²) in [4.78, 5) is 18.3. The SMILES string of the molecule is CCNc1cc(C(=O)N(C)CCSC)cc(C)n1. The topological polar surface area (TPSA) is 45.2 Å². The van der Waals surface area contributed by atoms with E-state index in [2.05, 4.69) is 10.3 Å². The minimum atomic E-state index is 0.0497. The summed E-state index contributed by atoms with van der Waals surface area (Å²) in [6.45, 7) is 5.47. The molecule has 0 aromatic carbocycles. The fourth-order valence-electron chi connectivity index (χ4n) is 1.61. The van der Waals surface area contributed by atoms with Gasteiger partial charge in [0.2, 0.25) is 0 Å². The molecule has 0 bridgehead atoms. The molecule has 1 aromatic rings. The van der Waals surface area contributed by atoms with Crippen molar-refractivity contribution in [2.45, 2.75) is 13.8 Å². The molecule has 1 aromatic heterocycles. The highest BCUT2D eigenvalue weighted by molar-refractivity contribution is 7.98. The number of amides is 1. The Balaban J connectivity index is 2.84. The van der Waals surface area contributed by atoms with E-state index >= 15 is 0 Å². The van der Waals surface area contributed by atoms with Crippen molar-refractivity contribution in [3.8, 4) is 0 Å². The average Bonchev–Trinajstić information content (AvgIpc) is 2.34. The van der Waals surface area contributed by atoms with Crippen LogP contribution in [0.5, 0.6) is 0 Å². The first kappa shape index (κ1) is 14.8. The van der Waals surface area contributed by atoms with Gasteiger partial charge in [0.1, 0.15) is 5.82 Å². The third kappa shape index (κ3) is 4.22. The minimum absolute atomic E-state index is 0.0497. The van der Waals surface area contributed by atoms with Crippen molar-refractivity contribution in [2.75, 3.05) is 37.5 Å². The molecule has 5 heteroatoms. The maximum absolute atomic E-state index is 12.2. The van der Waals surface area contributed by atoms with Crippen LogP contribution in [0.2, 0.25) is 0 Å². The predicted octanol–water partition coefficient (Wildman–Crippen LogP) is 2.26. The van der Waals surface area contributed by atoms with E-state index in [1.165, 1.54) is 0 Å². The molecule has 0 aliphatic heterocycles. The highest BCUT2D eigenvalue weighted by Crippen LogP contribution is 2.12. The van der Waals surface area contributed by atoms with Gasteiger partial charge in [0.05, 0.1) is 0 Å². The molecule has 1 heterocycles. The van der Waals surface area contributed by atoms with Crippen LogP contribution in [0.25, 0.3) is 0 Å². The molecule has 100 valence electrons. The van der Waals surface area contributed by atoms with Crippen LogP contribution >= 0.6 is 11.8 Å². The van der Waals surface area contributed by atoms with Crippen molar-refractivity contribution < 1.29 is 4.79 Å². The van der Waals surface area contributed by atoms with E-state index < -0.39 is 0 Å². The number of thioether (sulfide) groups is 1. The molecule has 0 saturated heterocycles. The maximum atomic E-state index is 12.2. The fourth-order valence-corrected chi connectivity index (χ4v) is 2.07. The molecule has 4 nitrogen and oxygen atoms in total. The van der Waals surface area contributed by atoms with Crippen LogP contribution in [0.4, 0.5) is 5.82 Å². The molecule has 18 heavy (non-hydrogen) atoms. The van der Waals surface area contributed by atoms with Gasteiger partial charge in [-0.05, 0) is 32.2 Å². The molecule has 0 radical (unpaired) electrons. The minimum Gasteiger partial charge on any atom is -0.370 e. The van der Waals surface area contributed by atoms with Crippen molar-refractivity contribution in [3.05, 3.63) is 23.4 Å². The van der Waals surface area contributed by atoms with Crippen molar-refractivity contribution in [1.82, 2.24) is 9.88 Å². The van der Waals surface area contributed by atoms with Crippen LogP contribution in [0.3, 0.4) is 0 Å². The zero-order chi connectivity index (χ0) is 13.5.